The van der Waals surface area contributed by atoms with E-state index in [1.54, 1.807) is 24.3 Å². The standard InChI is InChI=1S/C14H9Br3N2OS/c15-7-1-3-9(11(17)5-7)14(20)19-12-6-8(16)2-4-10(12)13(18)21/h1-6H,(H2,18,21)(H,19,20). The van der Waals surface area contributed by atoms with Crippen LogP contribution >= 0.6 is 60.0 Å². The van der Waals surface area contributed by atoms with Crippen LogP contribution in [0.5, 0.6) is 0 Å². The zero-order valence-corrected chi connectivity index (χ0v) is 16.1. The van der Waals surface area contributed by atoms with E-state index in [1.807, 2.05) is 12.1 Å². The number of benzene rings is 2. The molecule has 3 nitrogen and oxygen atoms in total. The van der Waals surface area contributed by atoms with Crippen LogP contribution in [0.4, 0.5) is 5.69 Å². The van der Waals surface area contributed by atoms with Gasteiger partial charge in [0.05, 0.1) is 11.3 Å². The summed E-state index contributed by atoms with van der Waals surface area (Å²) in [5.74, 6) is -0.245. The molecule has 2 rings (SSSR count). The monoisotopic (exact) mass is 490 g/mol. The Kier molecular flexibility index (Phi) is 5.54. The molecule has 0 heterocycles. The molecule has 21 heavy (non-hydrogen) atoms. The molecule has 0 fully saturated rings. The van der Waals surface area contributed by atoms with Crippen LogP contribution in [-0.2, 0) is 0 Å². The van der Waals surface area contributed by atoms with Crippen LogP contribution < -0.4 is 11.1 Å². The predicted molar refractivity (Wildman–Crippen MR) is 99.8 cm³/mol. The molecule has 0 bridgehead atoms. The normalized spacial score (nSPS) is 10.2. The number of nitrogens with two attached hydrogens (primary N) is 1. The maximum Gasteiger partial charge on any atom is 0.256 e. The van der Waals surface area contributed by atoms with E-state index in [2.05, 4.69) is 53.1 Å². The molecule has 0 spiro atoms. The summed E-state index contributed by atoms with van der Waals surface area (Å²) < 4.78 is 2.41. The van der Waals surface area contributed by atoms with Crippen LogP contribution in [0.1, 0.15) is 15.9 Å². The van der Waals surface area contributed by atoms with Gasteiger partial charge in [0.25, 0.3) is 5.91 Å². The first-order valence-electron chi connectivity index (χ1n) is 5.74. The molecule has 0 radical (unpaired) electrons. The molecule has 0 saturated heterocycles. The molecule has 0 aliphatic rings. The van der Waals surface area contributed by atoms with Gasteiger partial charge >= 0.3 is 0 Å². The minimum atomic E-state index is -0.245. The number of carbonyl (C=O) groups excluding carboxylic acids is 1. The van der Waals surface area contributed by atoms with Crippen LogP contribution in [0, 0.1) is 0 Å². The van der Waals surface area contributed by atoms with Crippen molar-refractivity contribution < 1.29 is 4.79 Å². The second-order valence-corrected chi connectivity index (χ2v) is 7.26. The number of amides is 1. The number of nitrogens with one attached hydrogen (secondary N) is 1. The van der Waals surface area contributed by atoms with Gasteiger partial charge in [-0.3, -0.25) is 4.79 Å². The minimum absolute atomic E-state index is 0.229. The number of hydrogen-bond donors (Lipinski definition) is 2. The fourth-order valence-corrected chi connectivity index (χ4v) is 3.46. The highest BCUT2D eigenvalue weighted by Gasteiger charge is 2.14. The van der Waals surface area contributed by atoms with Crippen molar-refractivity contribution in [3.8, 4) is 0 Å². The number of anilines is 1. The van der Waals surface area contributed by atoms with Crippen molar-refractivity contribution in [1.82, 2.24) is 0 Å². The Labute approximate surface area is 152 Å². The number of rotatable bonds is 3. The van der Waals surface area contributed by atoms with Gasteiger partial charge in [-0.15, -0.1) is 0 Å². The van der Waals surface area contributed by atoms with E-state index in [1.165, 1.54) is 0 Å². The molecule has 0 aliphatic heterocycles. The Hall–Kier alpha value is -0.760. The Bertz CT molecular complexity index is 734. The number of thiocarbonyl (C=S) groups is 1. The molecule has 0 aromatic heterocycles. The summed E-state index contributed by atoms with van der Waals surface area (Å²) in [5.41, 5.74) is 7.39. The van der Waals surface area contributed by atoms with Crippen LogP contribution in [0.25, 0.3) is 0 Å². The average molecular weight is 493 g/mol. The van der Waals surface area contributed by atoms with Crippen molar-refractivity contribution in [3.05, 3.63) is 60.9 Å². The molecule has 0 atom stereocenters. The van der Waals surface area contributed by atoms with Crippen molar-refractivity contribution in [2.45, 2.75) is 0 Å². The lowest BCUT2D eigenvalue weighted by Gasteiger charge is -2.11. The van der Waals surface area contributed by atoms with Gasteiger partial charge < -0.3 is 11.1 Å². The first-order valence-corrected chi connectivity index (χ1v) is 8.53. The second kappa shape index (κ2) is 7.00. The van der Waals surface area contributed by atoms with Gasteiger partial charge in [-0.2, -0.15) is 0 Å². The molecule has 7 heteroatoms. The Morgan fingerprint density at radius 1 is 1.00 bits per heavy atom. The zero-order valence-electron chi connectivity index (χ0n) is 10.5. The van der Waals surface area contributed by atoms with E-state index in [4.69, 9.17) is 18.0 Å². The third-order valence-corrected chi connectivity index (χ3v) is 4.53. The van der Waals surface area contributed by atoms with E-state index in [9.17, 15) is 4.79 Å². The van der Waals surface area contributed by atoms with Gasteiger partial charge in [-0.25, -0.2) is 0 Å². The summed E-state index contributed by atoms with van der Waals surface area (Å²) in [4.78, 5) is 12.6. The lowest BCUT2D eigenvalue weighted by atomic mass is 10.1. The quantitative estimate of drug-likeness (QED) is 0.602. The molecule has 0 aliphatic carbocycles. The highest BCUT2D eigenvalue weighted by molar-refractivity contribution is 9.11. The number of hydrogen-bond acceptors (Lipinski definition) is 2. The molecule has 3 N–H and O–H groups in total. The summed E-state index contributed by atoms with van der Waals surface area (Å²) in [6, 6.07) is 10.7. The summed E-state index contributed by atoms with van der Waals surface area (Å²) in [6.07, 6.45) is 0. The van der Waals surface area contributed by atoms with Gasteiger partial charge in [0, 0.05) is 19.0 Å². The van der Waals surface area contributed by atoms with Crippen molar-refractivity contribution in [3.63, 3.8) is 0 Å². The van der Waals surface area contributed by atoms with E-state index >= 15 is 0 Å². The van der Waals surface area contributed by atoms with Gasteiger partial charge in [-0.05, 0) is 52.3 Å². The topological polar surface area (TPSA) is 55.1 Å². The first kappa shape index (κ1) is 16.6. The van der Waals surface area contributed by atoms with E-state index in [-0.39, 0.29) is 10.9 Å². The van der Waals surface area contributed by atoms with E-state index in [0.29, 0.717) is 21.3 Å². The lowest BCUT2D eigenvalue weighted by molar-refractivity contribution is 0.102. The van der Waals surface area contributed by atoms with E-state index < -0.39 is 0 Å². The molecular weight excluding hydrogens is 484 g/mol. The fourth-order valence-electron chi connectivity index (χ4n) is 1.70. The van der Waals surface area contributed by atoms with Crippen LogP contribution in [0.2, 0.25) is 0 Å². The van der Waals surface area contributed by atoms with Crippen molar-refractivity contribution in [1.29, 1.82) is 0 Å². The molecular formula is C14H9Br3N2OS. The summed E-state index contributed by atoms with van der Waals surface area (Å²) >= 11 is 15.1. The van der Waals surface area contributed by atoms with E-state index in [0.717, 1.165) is 8.95 Å². The van der Waals surface area contributed by atoms with Gasteiger partial charge in [0.1, 0.15) is 4.99 Å². The van der Waals surface area contributed by atoms with Gasteiger partial charge in [-0.1, -0.05) is 44.1 Å². The fraction of sp³-hybridized carbons (Fsp3) is 0. The largest absolute Gasteiger partial charge is 0.389 e. The number of halogens is 3. The second-order valence-electron chi connectivity index (χ2n) is 4.13. The van der Waals surface area contributed by atoms with Crippen LogP contribution in [-0.4, -0.2) is 10.9 Å². The van der Waals surface area contributed by atoms with Crippen molar-refractivity contribution in [2.75, 3.05) is 5.32 Å². The zero-order chi connectivity index (χ0) is 15.6. The maximum absolute atomic E-state index is 12.4. The van der Waals surface area contributed by atoms with Crippen LogP contribution in [0.3, 0.4) is 0 Å². The lowest BCUT2D eigenvalue weighted by Crippen LogP contribution is -2.18. The summed E-state index contributed by atoms with van der Waals surface area (Å²) in [5, 5.41) is 2.83. The Morgan fingerprint density at radius 2 is 1.57 bits per heavy atom. The third kappa shape index (κ3) is 4.12. The average Bonchev–Trinajstić information content (AvgIpc) is 2.37. The Morgan fingerprint density at radius 3 is 2.14 bits per heavy atom. The smallest absolute Gasteiger partial charge is 0.256 e. The van der Waals surface area contributed by atoms with Crippen LogP contribution in [0.15, 0.2) is 49.8 Å². The van der Waals surface area contributed by atoms with Gasteiger partial charge in [0.2, 0.25) is 0 Å². The summed E-state index contributed by atoms with van der Waals surface area (Å²) in [7, 11) is 0. The third-order valence-electron chi connectivity index (χ3n) is 2.67. The Balaban J connectivity index is 2.35. The molecule has 0 saturated carbocycles. The highest BCUT2D eigenvalue weighted by Crippen LogP contribution is 2.25. The first-order chi connectivity index (χ1) is 9.88. The van der Waals surface area contributed by atoms with Gasteiger partial charge in [0.15, 0.2) is 0 Å². The molecule has 2 aromatic carbocycles. The molecule has 108 valence electrons. The highest BCUT2D eigenvalue weighted by atomic mass is 79.9. The SMILES string of the molecule is NC(=S)c1ccc(Br)cc1NC(=O)c1ccc(Br)cc1Br. The molecule has 0 unspecified atom stereocenters. The molecule has 2 aromatic rings. The van der Waals surface area contributed by atoms with Crippen molar-refractivity contribution in [2.24, 2.45) is 5.73 Å². The number of carbonyl (C=O) groups is 1. The maximum atomic E-state index is 12.4. The minimum Gasteiger partial charge on any atom is -0.389 e. The predicted octanol–water partition coefficient (Wildman–Crippen LogP) is 4.86. The molecule has 1 amide bonds. The summed E-state index contributed by atoms with van der Waals surface area (Å²) in [6.45, 7) is 0. The van der Waals surface area contributed by atoms with Crippen molar-refractivity contribution >= 4 is 76.6 Å².